The van der Waals surface area contributed by atoms with Crippen molar-refractivity contribution in [3.05, 3.63) is 30.0 Å². The van der Waals surface area contributed by atoms with Crippen LogP contribution in [0.2, 0.25) is 0 Å². The van der Waals surface area contributed by atoms with Gasteiger partial charge >= 0.3 is 0 Å². The molecule has 1 aliphatic rings. The lowest BCUT2D eigenvalue weighted by Gasteiger charge is -2.37. The maximum Gasteiger partial charge on any atom is 0.150 e. The van der Waals surface area contributed by atoms with Gasteiger partial charge < -0.3 is 10.6 Å². The Bertz CT molecular complexity index is 610. The summed E-state index contributed by atoms with van der Waals surface area (Å²) in [5.74, 6) is 2.27. The fourth-order valence-electron chi connectivity index (χ4n) is 3.03. The predicted molar refractivity (Wildman–Crippen MR) is 82.8 cm³/mol. The van der Waals surface area contributed by atoms with Gasteiger partial charge in [0.2, 0.25) is 0 Å². The Morgan fingerprint density at radius 2 is 1.95 bits per heavy atom. The van der Waals surface area contributed by atoms with E-state index in [1.54, 1.807) is 0 Å². The normalized spacial score (nSPS) is 23.2. The zero-order valence-corrected chi connectivity index (χ0v) is 12.2. The number of rotatable bonds is 2. The summed E-state index contributed by atoms with van der Waals surface area (Å²) in [5.41, 5.74) is 8.84. The minimum Gasteiger partial charge on any atom is -0.355 e. The molecular weight excluding hydrogens is 248 g/mol. The van der Waals surface area contributed by atoms with Gasteiger partial charge in [0.15, 0.2) is 5.82 Å². The molecule has 3 rings (SSSR count). The minimum absolute atomic E-state index is 0.552. The third-order valence-electron chi connectivity index (χ3n) is 4.44. The Morgan fingerprint density at radius 3 is 2.65 bits per heavy atom. The molecule has 20 heavy (non-hydrogen) atoms. The Balaban J connectivity index is 1.95. The first kappa shape index (κ1) is 13.3. The molecule has 0 aliphatic carbocycles. The molecule has 2 heterocycles. The van der Waals surface area contributed by atoms with Gasteiger partial charge in [-0.3, -0.25) is 0 Å². The van der Waals surface area contributed by atoms with Crippen molar-refractivity contribution in [1.29, 1.82) is 0 Å². The maximum absolute atomic E-state index is 5.90. The van der Waals surface area contributed by atoms with Gasteiger partial charge in [-0.2, -0.15) is 0 Å². The van der Waals surface area contributed by atoms with Crippen molar-refractivity contribution >= 4 is 16.9 Å². The summed E-state index contributed by atoms with van der Waals surface area (Å²) in [6.07, 6.45) is 1.18. The quantitative estimate of drug-likeness (QED) is 0.910. The summed E-state index contributed by atoms with van der Waals surface area (Å²) in [6, 6.07) is 8.05. The van der Waals surface area contributed by atoms with Crippen LogP contribution in [-0.4, -0.2) is 29.6 Å². The van der Waals surface area contributed by atoms with E-state index in [4.69, 9.17) is 10.7 Å². The van der Waals surface area contributed by atoms with Crippen LogP contribution >= 0.6 is 0 Å². The number of aromatic nitrogens is 2. The Morgan fingerprint density at radius 1 is 1.25 bits per heavy atom. The third kappa shape index (κ3) is 2.36. The molecule has 2 aromatic rings. The van der Waals surface area contributed by atoms with Crippen LogP contribution in [0.5, 0.6) is 0 Å². The number of anilines is 1. The van der Waals surface area contributed by atoms with Crippen LogP contribution in [-0.2, 0) is 0 Å². The van der Waals surface area contributed by atoms with Gasteiger partial charge in [0.25, 0.3) is 0 Å². The number of hydrogen-bond acceptors (Lipinski definition) is 4. The van der Waals surface area contributed by atoms with Crippen LogP contribution in [0.1, 0.15) is 19.0 Å². The van der Waals surface area contributed by atoms with Crippen molar-refractivity contribution in [3.63, 3.8) is 0 Å². The molecule has 1 aliphatic heterocycles. The first-order chi connectivity index (χ1) is 9.69. The van der Waals surface area contributed by atoms with E-state index in [1.807, 2.05) is 31.2 Å². The molecule has 0 spiro atoms. The number of benzene rings is 1. The molecule has 4 nitrogen and oxygen atoms in total. The fourth-order valence-corrected chi connectivity index (χ4v) is 3.03. The van der Waals surface area contributed by atoms with E-state index in [0.717, 1.165) is 42.2 Å². The predicted octanol–water partition coefficient (Wildman–Crippen LogP) is 2.36. The molecule has 2 atom stereocenters. The first-order valence-corrected chi connectivity index (χ1v) is 7.37. The monoisotopic (exact) mass is 270 g/mol. The van der Waals surface area contributed by atoms with Gasteiger partial charge in [-0.05, 0) is 43.9 Å². The second-order valence-corrected chi connectivity index (χ2v) is 5.83. The zero-order chi connectivity index (χ0) is 14.1. The Labute approximate surface area is 120 Å². The summed E-state index contributed by atoms with van der Waals surface area (Å²) in [4.78, 5) is 11.9. The van der Waals surface area contributed by atoms with Gasteiger partial charge in [-0.15, -0.1) is 0 Å². The SMILES string of the molecule is Cc1nc2ccccc2nc1N1CCC(C)C(CN)C1. The molecule has 1 saturated heterocycles. The highest BCUT2D eigenvalue weighted by Crippen LogP contribution is 2.28. The van der Waals surface area contributed by atoms with Gasteiger partial charge in [0.1, 0.15) is 0 Å². The average molecular weight is 270 g/mol. The standard InChI is InChI=1S/C16H22N4/c1-11-7-8-20(10-13(11)9-17)16-12(2)18-14-5-3-4-6-15(14)19-16/h3-6,11,13H,7-10,17H2,1-2H3. The highest BCUT2D eigenvalue weighted by molar-refractivity contribution is 5.76. The topological polar surface area (TPSA) is 55.0 Å². The number of aryl methyl sites for hydroxylation is 1. The van der Waals surface area contributed by atoms with Crippen molar-refractivity contribution < 1.29 is 0 Å². The summed E-state index contributed by atoms with van der Waals surface area (Å²) < 4.78 is 0. The summed E-state index contributed by atoms with van der Waals surface area (Å²) >= 11 is 0. The smallest absolute Gasteiger partial charge is 0.150 e. The van der Waals surface area contributed by atoms with Crippen LogP contribution in [0.15, 0.2) is 24.3 Å². The molecule has 2 unspecified atom stereocenters. The lowest BCUT2D eigenvalue weighted by Crippen LogP contribution is -2.43. The van der Waals surface area contributed by atoms with Crippen molar-refractivity contribution in [2.45, 2.75) is 20.3 Å². The lowest BCUT2D eigenvalue weighted by molar-refractivity contribution is 0.306. The number of fused-ring (bicyclic) bond motifs is 1. The molecule has 4 heteroatoms. The first-order valence-electron chi connectivity index (χ1n) is 7.37. The molecule has 106 valence electrons. The van der Waals surface area contributed by atoms with Gasteiger partial charge in [0, 0.05) is 13.1 Å². The van der Waals surface area contributed by atoms with Gasteiger partial charge in [-0.1, -0.05) is 19.1 Å². The third-order valence-corrected chi connectivity index (χ3v) is 4.44. The molecule has 0 bridgehead atoms. The van der Waals surface area contributed by atoms with Crippen molar-refractivity contribution in [1.82, 2.24) is 9.97 Å². The highest BCUT2D eigenvalue weighted by Gasteiger charge is 2.27. The molecule has 1 fully saturated rings. The minimum atomic E-state index is 0.552. The van der Waals surface area contributed by atoms with Gasteiger partial charge in [0.05, 0.1) is 16.7 Å². The summed E-state index contributed by atoms with van der Waals surface area (Å²) in [7, 11) is 0. The van der Waals surface area contributed by atoms with E-state index >= 15 is 0 Å². The number of piperidine rings is 1. The number of hydrogen-bond donors (Lipinski definition) is 1. The molecule has 1 aromatic carbocycles. The van der Waals surface area contributed by atoms with Crippen molar-refractivity contribution in [2.24, 2.45) is 17.6 Å². The van der Waals surface area contributed by atoms with Crippen molar-refractivity contribution in [2.75, 3.05) is 24.5 Å². The molecule has 0 amide bonds. The van der Waals surface area contributed by atoms with Crippen LogP contribution in [0.4, 0.5) is 5.82 Å². The second-order valence-electron chi connectivity index (χ2n) is 5.83. The van der Waals surface area contributed by atoms with Crippen LogP contribution < -0.4 is 10.6 Å². The van der Waals surface area contributed by atoms with E-state index in [0.29, 0.717) is 11.8 Å². The summed E-state index contributed by atoms with van der Waals surface area (Å²) in [6.45, 7) is 7.13. The zero-order valence-electron chi connectivity index (χ0n) is 12.2. The van der Waals surface area contributed by atoms with Crippen LogP contribution in [0.25, 0.3) is 11.0 Å². The maximum atomic E-state index is 5.90. The molecule has 2 N–H and O–H groups in total. The molecular formula is C16H22N4. The van der Waals surface area contributed by atoms with E-state index < -0.39 is 0 Å². The van der Waals surface area contributed by atoms with Crippen LogP contribution in [0, 0.1) is 18.8 Å². The van der Waals surface area contributed by atoms with E-state index in [-0.39, 0.29) is 0 Å². The lowest BCUT2D eigenvalue weighted by atomic mass is 9.87. The Kier molecular flexibility index (Phi) is 3.57. The van der Waals surface area contributed by atoms with Crippen molar-refractivity contribution in [3.8, 4) is 0 Å². The molecule has 1 aromatic heterocycles. The summed E-state index contributed by atoms with van der Waals surface area (Å²) in [5, 5.41) is 0. The van der Waals surface area contributed by atoms with Gasteiger partial charge in [-0.25, -0.2) is 9.97 Å². The Hall–Kier alpha value is -1.68. The average Bonchev–Trinajstić information content (AvgIpc) is 2.47. The number of nitrogens with two attached hydrogens (primary N) is 1. The largest absolute Gasteiger partial charge is 0.355 e. The fraction of sp³-hybridized carbons (Fsp3) is 0.500. The molecule has 0 radical (unpaired) electrons. The number of nitrogens with zero attached hydrogens (tertiary/aromatic N) is 3. The second kappa shape index (κ2) is 5.37. The van der Waals surface area contributed by atoms with E-state index in [9.17, 15) is 0 Å². The highest BCUT2D eigenvalue weighted by atomic mass is 15.2. The molecule has 0 saturated carbocycles. The van der Waals surface area contributed by atoms with Crippen LogP contribution in [0.3, 0.4) is 0 Å². The van der Waals surface area contributed by atoms with E-state index in [1.165, 1.54) is 6.42 Å². The van der Waals surface area contributed by atoms with E-state index in [2.05, 4.69) is 16.8 Å². The number of para-hydroxylation sites is 2.